The highest BCUT2D eigenvalue weighted by Gasteiger charge is 2.21. The zero-order valence-corrected chi connectivity index (χ0v) is 14.9. The van der Waals surface area contributed by atoms with E-state index in [9.17, 15) is 0 Å². The minimum absolute atomic E-state index is 0.696. The molecule has 5 heteroatoms. The summed E-state index contributed by atoms with van der Waals surface area (Å²) in [4.78, 5) is 0. The summed E-state index contributed by atoms with van der Waals surface area (Å²) < 4.78 is 22.9. The third-order valence-corrected chi connectivity index (χ3v) is 4.17. The fourth-order valence-electron chi connectivity index (χ4n) is 2.52. The Kier molecular flexibility index (Phi) is 5.19. The lowest BCUT2D eigenvalue weighted by atomic mass is 9.99. The van der Waals surface area contributed by atoms with Gasteiger partial charge in [0.15, 0.2) is 0 Å². The third kappa shape index (κ3) is 2.73. The Morgan fingerprint density at radius 3 is 1.86 bits per heavy atom. The van der Waals surface area contributed by atoms with E-state index in [0.717, 1.165) is 32.7 Å². The number of rotatable bonds is 5. The normalized spacial score (nSPS) is 10.3. The van der Waals surface area contributed by atoms with Gasteiger partial charge in [-0.25, -0.2) is 0 Å². The maximum atomic E-state index is 5.61. The van der Waals surface area contributed by atoms with Crippen LogP contribution in [-0.2, 0) is 0 Å². The Balaban J connectivity index is 2.82. The van der Waals surface area contributed by atoms with Gasteiger partial charge in [0.05, 0.1) is 38.5 Å². The van der Waals surface area contributed by atoms with E-state index >= 15 is 0 Å². The van der Waals surface area contributed by atoms with Gasteiger partial charge < -0.3 is 18.9 Å². The number of methoxy groups -OCH3 is 4. The smallest absolute Gasteiger partial charge is 0.144 e. The van der Waals surface area contributed by atoms with Crippen LogP contribution in [0.25, 0.3) is 11.1 Å². The minimum atomic E-state index is 0.696. The van der Waals surface area contributed by atoms with Crippen molar-refractivity contribution in [3.05, 3.63) is 34.3 Å². The maximum Gasteiger partial charge on any atom is 0.144 e. The lowest BCUT2D eigenvalue weighted by molar-refractivity contribution is 0.385. The maximum absolute atomic E-state index is 5.61. The molecule has 2 rings (SSSR count). The Bertz CT molecular complexity index is 683. The summed E-state index contributed by atoms with van der Waals surface area (Å²) in [5, 5.41) is 0. The molecule has 0 fully saturated rings. The molecule has 118 valence electrons. The van der Waals surface area contributed by atoms with Gasteiger partial charge in [-0.1, -0.05) is 0 Å². The number of hydrogen-bond acceptors (Lipinski definition) is 4. The van der Waals surface area contributed by atoms with Crippen molar-refractivity contribution in [2.24, 2.45) is 0 Å². The molecule has 0 saturated carbocycles. The summed E-state index contributed by atoms with van der Waals surface area (Å²) >= 11 is 3.52. The average Bonchev–Trinajstić information content (AvgIpc) is 2.54. The minimum Gasteiger partial charge on any atom is -0.496 e. The molecule has 0 aliphatic carbocycles. The highest BCUT2D eigenvalue weighted by atomic mass is 79.9. The van der Waals surface area contributed by atoms with E-state index in [0.29, 0.717) is 11.5 Å². The molecule has 0 N–H and O–H groups in total. The van der Waals surface area contributed by atoms with Crippen LogP contribution in [-0.4, -0.2) is 28.4 Å². The van der Waals surface area contributed by atoms with Gasteiger partial charge in [-0.3, -0.25) is 0 Å². The first-order chi connectivity index (χ1) is 10.6. The monoisotopic (exact) mass is 366 g/mol. The fourth-order valence-corrected chi connectivity index (χ4v) is 3.01. The summed E-state index contributed by atoms with van der Waals surface area (Å²) in [5.41, 5.74) is 2.64. The van der Waals surface area contributed by atoms with Crippen LogP contribution in [0.2, 0.25) is 0 Å². The van der Waals surface area contributed by atoms with Crippen LogP contribution in [0.5, 0.6) is 23.0 Å². The summed E-state index contributed by atoms with van der Waals surface area (Å²) in [6.07, 6.45) is 0. The van der Waals surface area contributed by atoms with Gasteiger partial charge >= 0.3 is 0 Å². The SMILES string of the molecule is COc1ccc(-c2c(OC)ccc(Br)c2OC)c(OC)c1C. The van der Waals surface area contributed by atoms with E-state index < -0.39 is 0 Å². The Hall–Kier alpha value is -1.88. The summed E-state index contributed by atoms with van der Waals surface area (Å²) in [6, 6.07) is 7.63. The molecule has 0 aliphatic heterocycles. The topological polar surface area (TPSA) is 36.9 Å². The van der Waals surface area contributed by atoms with E-state index in [-0.39, 0.29) is 0 Å². The van der Waals surface area contributed by atoms with Crippen molar-refractivity contribution < 1.29 is 18.9 Å². The third-order valence-electron chi connectivity index (χ3n) is 3.55. The molecule has 0 saturated heterocycles. The zero-order chi connectivity index (χ0) is 16.3. The van der Waals surface area contributed by atoms with Crippen LogP contribution in [0.15, 0.2) is 28.7 Å². The molecular formula is C17H19BrO4. The second-order valence-corrected chi connectivity index (χ2v) is 5.49. The first kappa shape index (κ1) is 16.5. The first-order valence-corrected chi connectivity index (χ1v) is 7.50. The highest BCUT2D eigenvalue weighted by molar-refractivity contribution is 9.10. The van der Waals surface area contributed by atoms with Crippen molar-refractivity contribution in [2.75, 3.05) is 28.4 Å². The Morgan fingerprint density at radius 2 is 1.32 bits per heavy atom. The van der Waals surface area contributed by atoms with Crippen molar-refractivity contribution >= 4 is 15.9 Å². The molecule has 0 radical (unpaired) electrons. The molecule has 0 atom stereocenters. The number of ether oxygens (including phenoxy) is 4. The second-order valence-electron chi connectivity index (χ2n) is 4.63. The fraction of sp³-hybridized carbons (Fsp3) is 0.294. The van der Waals surface area contributed by atoms with Gasteiger partial charge in [0.1, 0.15) is 23.0 Å². The molecule has 22 heavy (non-hydrogen) atoms. The van der Waals surface area contributed by atoms with Crippen molar-refractivity contribution in [3.8, 4) is 34.1 Å². The van der Waals surface area contributed by atoms with Gasteiger partial charge in [0.25, 0.3) is 0 Å². The molecule has 0 aliphatic rings. The Morgan fingerprint density at radius 1 is 0.727 bits per heavy atom. The molecule has 4 nitrogen and oxygen atoms in total. The quantitative estimate of drug-likeness (QED) is 0.782. The number of benzene rings is 2. The molecule has 2 aromatic carbocycles. The lowest BCUT2D eigenvalue weighted by Crippen LogP contribution is -1.99. The molecule has 0 aromatic heterocycles. The summed E-state index contributed by atoms with van der Waals surface area (Å²) in [7, 11) is 6.55. The summed E-state index contributed by atoms with van der Waals surface area (Å²) in [6.45, 7) is 1.96. The van der Waals surface area contributed by atoms with Crippen LogP contribution in [0, 0.1) is 6.92 Å². The van der Waals surface area contributed by atoms with Gasteiger partial charge in [-0.2, -0.15) is 0 Å². The predicted molar refractivity (Wildman–Crippen MR) is 90.5 cm³/mol. The van der Waals surface area contributed by atoms with E-state index in [1.54, 1.807) is 28.4 Å². The lowest BCUT2D eigenvalue weighted by Gasteiger charge is -2.19. The molecule has 0 spiro atoms. The van der Waals surface area contributed by atoms with Gasteiger partial charge in [0, 0.05) is 11.1 Å². The first-order valence-electron chi connectivity index (χ1n) is 6.71. The average molecular weight is 367 g/mol. The number of halogens is 1. The van der Waals surface area contributed by atoms with Crippen molar-refractivity contribution in [1.82, 2.24) is 0 Å². The van der Waals surface area contributed by atoms with Crippen molar-refractivity contribution in [2.45, 2.75) is 6.92 Å². The van der Waals surface area contributed by atoms with E-state index in [4.69, 9.17) is 18.9 Å². The highest BCUT2D eigenvalue weighted by Crippen LogP contribution is 2.48. The molecule has 0 amide bonds. The summed E-state index contributed by atoms with van der Waals surface area (Å²) in [5.74, 6) is 2.91. The molecule has 0 heterocycles. The molecular weight excluding hydrogens is 348 g/mol. The van der Waals surface area contributed by atoms with Crippen molar-refractivity contribution in [3.63, 3.8) is 0 Å². The molecule has 0 unspecified atom stereocenters. The van der Waals surface area contributed by atoms with E-state index in [1.807, 2.05) is 31.2 Å². The van der Waals surface area contributed by atoms with Crippen LogP contribution in [0.3, 0.4) is 0 Å². The standard InChI is InChI=1S/C17H19BrO4/c1-10-13(19-2)8-6-11(16(10)21-4)15-14(20-3)9-7-12(18)17(15)22-5/h6-9H,1-5H3. The second kappa shape index (κ2) is 6.92. The van der Waals surface area contributed by atoms with Crippen LogP contribution in [0.1, 0.15) is 5.56 Å². The number of hydrogen-bond donors (Lipinski definition) is 0. The predicted octanol–water partition coefficient (Wildman–Crippen LogP) is 4.46. The Labute approximate surface area is 139 Å². The van der Waals surface area contributed by atoms with Gasteiger partial charge in [-0.05, 0) is 47.1 Å². The molecule has 0 bridgehead atoms. The largest absolute Gasteiger partial charge is 0.496 e. The van der Waals surface area contributed by atoms with Gasteiger partial charge in [0.2, 0.25) is 0 Å². The van der Waals surface area contributed by atoms with E-state index in [2.05, 4.69) is 15.9 Å². The van der Waals surface area contributed by atoms with Crippen LogP contribution in [0.4, 0.5) is 0 Å². The van der Waals surface area contributed by atoms with E-state index in [1.165, 1.54) is 0 Å². The zero-order valence-electron chi connectivity index (χ0n) is 13.3. The van der Waals surface area contributed by atoms with Crippen LogP contribution >= 0.6 is 15.9 Å². The molecule has 2 aromatic rings. The van der Waals surface area contributed by atoms with Crippen molar-refractivity contribution in [1.29, 1.82) is 0 Å². The van der Waals surface area contributed by atoms with Gasteiger partial charge in [-0.15, -0.1) is 0 Å². The van der Waals surface area contributed by atoms with Crippen LogP contribution < -0.4 is 18.9 Å².